The summed E-state index contributed by atoms with van der Waals surface area (Å²) in [6.45, 7) is -2.49. The fourth-order valence-corrected chi connectivity index (χ4v) is 2.15. The van der Waals surface area contributed by atoms with Crippen molar-refractivity contribution in [2.45, 2.75) is 0 Å². The van der Waals surface area contributed by atoms with E-state index in [-0.39, 0.29) is 11.5 Å². The normalized spacial score (nSPS) is 10.4. The number of carbonyl (C=O) groups is 3. The molecule has 0 aliphatic heterocycles. The van der Waals surface area contributed by atoms with E-state index in [0.717, 1.165) is 6.07 Å². The van der Waals surface area contributed by atoms with Gasteiger partial charge in [0.25, 0.3) is 5.69 Å². The van der Waals surface area contributed by atoms with Crippen LogP contribution < -0.4 is 19.7 Å². The van der Waals surface area contributed by atoms with E-state index in [2.05, 4.69) is 0 Å². The molecule has 0 aromatic heterocycles. The average molecular weight is 354 g/mol. The summed E-state index contributed by atoms with van der Waals surface area (Å²) in [6, 6.07) is 2.25. The van der Waals surface area contributed by atoms with Crippen LogP contribution in [0.15, 0.2) is 12.1 Å². The van der Waals surface area contributed by atoms with Crippen molar-refractivity contribution >= 4 is 23.4 Å². The van der Waals surface area contributed by atoms with Crippen molar-refractivity contribution in [3.8, 4) is 11.5 Å². The molecule has 136 valence electrons. The molecule has 1 aromatic carbocycles. The van der Waals surface area contributed by atoms with E-state index in [1.54, 1.807) is 0 Å². The van der Waals surface area contributed by atoms with Gasteiger partial charge in [-0.05, 0) is 6.07 Å². The number of nitro benzene ring substituents is 1. The van der Waals surface area contributed by atoms with E-state index in [0.29, 0.717) is 4.90 Å². The molecule has 0 aliphatic carbocycles. The Balaban J connectivity index is 3.31. The number of rotatable bonds is 10. The minimum Gasteiger partial charge on any atom is -0.549 e. The number of carboxylic acid groups (broad SMARTS) is 2. The summed E-state index contributed by atoms with van der Waals surface area (Å²) in [5.74, 6) is -4.35. The van der Waals surface area contributed by atoms with E-state index in [9.17, 15) is 34.7 Å². The van der Waals surface area contributed by atoms with Crippen LogP contribution in [0.2, 0.25) is 0 Å². The van der Waals surface area contributed by atoms with Gasteiger partial charge in [-0.1, -0.05) is 0 Å². The molecule has 0 atom stereocenters. The van der Waals surface area contributed by atoms with Gasteiger partial charge in [-0.3, -0.25) is 19.8 Å². The quantitative estimate of drug-likeness (QED) is 0.251. The van der Waals surface area contributed by atoms with Crippen molar-refractivity contribution < 1.29 is 39.0 Å². The van der Waals surface area contributed by atoms with E-state index in [1.807, 2.05) is 0 Å². The van der Waals surface area contributed by atoms with Gasteiger partial charge in [-0.2, -0.15) is 0 Å². The van der Waals surface area contributed by atoms with Crippen molar-refractivity contribution in [3.63, 3.8) is 0 Å². The van der Waals surface area contributed by atoms with Crippen LogP contribution in [-0.4, -0.2) is 61.4 Å². The monoisotopic (exact) mass is 354 g/mol. The zero-order valence-corrected chi connectivity index (χ0v) is 13.3. The van der Waals surface area contributed by atoms with E-state index in [4.69, 9.17) is 9.47 Å². The second-order valence-corrected chi connectivity index (χ2v) is 4.76. The molecule has 0 amide bonds. The van der Waals surface area contributed by atoms with E-state index >= 15 is 0 Å². The van der Waals surface area contributed by atoms with Crippen LogP contribution in [0.5, 0.6) is 11.5 Å². The van der Waals surface area contributed by atoms with Crippen molar-refractivity contribution in [2.24, 2.45) is 0 Å². The fourth-order valence-electron chi connectivity index (χ4n) is 2.15. The lowest BCUT2D eigenvalue weighted by atomic mass is 10.1. The van der Waals surface area contributed by atoms with Gasteiger partial charge in [-0.15, -0.1) is 0 Å². The van der Waals surface area contributed by atoms with Gasteiger partial charge in [0.15, 0.2) is 17.3 Å². The predicted octanol–water partition coefficient (Wildman–Crippen LogP) is -2.40. The van der Waals surface area contributed by atoms with Gasteiger partial charge < -0.3 is 29.3 Å². The summed E-state index contributed by atoms with van der Waals surface area (Å²) < 4.78 is 9.97. The first-order valence-electron chi connectivity index (χ1n) is 6.75. The minimum absolute atomic E-state index is 0.0443. The maximum absolute atomic E-state index is 12.5. The maximum atomic E-state index is 12.5. The first-order valence-corrected chi connectivity index (χ1v) is 6.75. The summed E-state index contributed by atoms with van der Waals surface area (Å²) in [7, 11) is 2.43. The highest BCUT2D eigenvalue weighted by Gasteiger charge is 2.29. The molecule has 0 heterocycles. The molecule has 0 aliphatic rings. The van der Waals surface area contributed by atoms with Crippen molar-refractivity contribution in [2.75, 3.05) is 33.9 Å². The lowest BCUT2D eigenvalue weighted by molar-refractivity contribution is -0.385. The molecule has 0 saturated carbocycles. The molecule has 0 N–H and O–H groups in total. The SMILES string of the molecule is COc1ccc([N+](=O)[O-])c(C(=O)CN(CC(=O)[O-])CC(=O)[O-])c1OC. The average Bonchev–Trinajstić information content (AvgIpc) is 2.51. The number of aliphatic carboxylic acids is 2. The molecule has 0 spiro atoms. The van der Waals surface area contributed by atoms with Crippen LogP contribution >= 0.6 is 0 Å². The van der Waals surface area contributed by atoms with Crippen LogP contribution in [0.25, 0.3) is 0 Å². The zero-order valence-electron chi connectivity index (χ0n) is 13.3. The summed E-state index contributed by atoms with van der Waals surface area (Å²) in [4.78, 5) is 44.9. The van der Waals surface area contributed by atoms with Gasteiger partial charge in [0.05, 0.1) is 37.6 Å². The lowest BCUT2D eigenvalue weighted by Gasteiger charge is -2.22. The predicted molar refractivity (Wildman–Crippen MR) is 77.0 cm³/mol. The number of ketones is 1. The molecule has 1 aromatic rings. The molecule has 0 fully saturated rings. The highest BCUT2D eigenvalue weighted by atomic mass is 16.6. The van der Waals surface area contributed by atoms with Gasteiger partial charge in [0.1, 0.15) is 5.56 Å². The maximum Gasteiger partial charge on any atom is 0.284 e. The lowest BCUT2D eigenvalue weighted by Crippen LogP contribution is -2.46. The third-order valence-electron chi connectivity index (χ3n) is 3.07. The Kier molecular flexibility index (Phi) is 6.81. The first kappa shape index (κ1) is 19.8. The summed E-state index contributed by atoms with van der Waals surface area (Å²) in [5, 5.41) is 32.5. The van der Waals surface area contributed by atoms with Crippen LogP contribution in [0.1, 0.15) is 10.4 Å². The van der Waals surface area contributed by atoms with Gasteiger partial charge >= 0.3 is 0 Å². The van der Waals surface area contributed by atoms with Gasteiger partial charge in [-0.25, -0.2) is 0 Å². The molecular weight excluding hydrogens is 340 g/mol. The standard InChI is InChI=1S/C14H16N2O9/c1-24-10-4-3-8(16(22)23)13(14(10)25-2)9(17)5-15(6-11(18)19)7-12(20)21/h3-4H,5-7H2,1-2H3,(H,18,19)(H,20,21)/p-2. The Hall–Kier alpha value is -3.21. The molecule has 0 unspecified atom stereocenters. The topological polar surface area (TPSA) is 162 Å². The number of benzene rings is 1. The number of Topliss-reactive ketones (excluding diaryl/α,β-unsaturated/α-hetero) is 1. The third kappa shape index (κ3) is 5.14. The molecule has 25 heavy (non-hydrogen) atoms. The number of ether oxygens (including phenoxy) is 2. The summed E-state index contributed by atoms with van der Waals surface area (Å²) in [5.41, 5.74) is -1.06. The zero-order chi connectivity index (χ0) is 19.1. The molecule has 11 heteroatoms. The highest BCUT2D eigenvalue weighted by Crippen LogP contribution is 2.37. The van der Waals surface area contributed by atoms with Crippen molar-refractivity contribution in [1.82, 2.24) is 4.90 Å². The fraction of sp³-hybridized carbons (Fsp3) is 0.357. The Labute approximate surface area is 141 Å². The molecule has 0 radical (unpaired) electrons. The van der Waals surface area contributed by atoms with E-state index < -0.39 is 53.5 Å². The Morgan fingerprint density at radius 3 is 2.00 bits per heavy atom. The highest BCUT2D eigenvalue weighted by molar-refractivity contribution is 6.04. The van der Waals surface area contributed by atoms with Crippen LogP contribution in [-0.2, 0) is 9.59 Å². The largest absolute Gasteiger partial charge is 0.549 e. The smallest absolute Gasteiger partial charge is 0.284 e. The number of methoxy groups -OCH3 is 2. The number of nitro groups is 1. The molecule has 0 saturated heterocycles. The minimum atomic E-state index is -1.62. The van der Waals surface area contributed by atoms with Crippen molar-refractivity contribution in [3.05, 3.63) is 27.8 Å². The number of hydrogen-bond donors (Lipinski definition) is 0. The number of hydrogen-bond acceptors (Lipinski definition) is 10. The Morgan fingerprint density at radius 1 is 1.04 bits per heavy atom. The Bertz CT molecular complexity index is 686. The number of carboxylic acids is 2. The van der Waals surface area contributed by atoms with Crippen molar-refractivity contribution in [1.29, 1.82) is 0 Å². The van der Waals surface area contributed by atoms with Crippen LogP contribution in [0, 0.1) is 10.1 Å². The summed E-state index contributed by atoms with van der Waals surface area (Å²) >= 11 is 0. The third-order valence-corrected chi connectivity index (χ3v) is 3.07. The Morgan fingerprint density at radius 2 is 1.60 bits per heavy atom. The first-order chi connectivity index (χ1) is 11.7. The van der Waals surface area contributed by atoms with E-state index in [1.165, 1.54) is 20.3 Å². The number of carbonyl (C=O) groups excluding carboxylic acids is 3. The second kappa shape index (κ2) is 8.59. The molecule has 11 nitrogen and oxygen atoms in total. The van der Waals surface area contributed by atoms with Gasteiger partial charge in [0, 0.05) is 19.2 Å². The van der Waals surface area contributed by atoms with Gasteiger partial charge in [0.2, 0.25) is 0 Å². The summed E-state index contributed by atoms with van der Waals surface area (Å²) in [6.07, 6.45) is 0. The molecule has 0 bridgehead atoms. The number of nitrogens with zero attached hydrogens (tertiary/aromatic N) is 2. The van der Waals surface area contributed by atoms with Crippen LogP contribution in [0.4, 0.5) is 5.69 Å². The molecular formula is C14H14N2O9-2. The molecule has 1 rings (SSSR count). The van der Waals surface area contributed by atoms with Crippen LogP contribution in [0.3, 0.4) is 0 Å². The second-order valence-electron chi connectivity index (χ2n) is 4.76.